The number of benzene rings is 2. The summed E-state index contributed by atoms with van der Waals surface area (Å²) in [4.78, 5) is 12.5. The number of rotatable bonds is 3. The van der Waals surface area contributed by atoms with E-state index in [4.69, 9.17) is 0 Å². The van der Waals surface area contributed by atoms with Gasteiger partial charge in [-0.2, -0.15) is 0 Å². The summed E-state index contributed by atoms with van der Waals surface area (Å²) in [5, 5.41) is 5.87. The quantitative estimate of drug-likeness (QED) is 0.727. The molecule has 1 aromatic heterocycles. The number of hydrogen-bond acceptors (Lipinski definition) is 3. The van der Waals surface area contributed by atoms with Crippen molar-refractivity contribution in [3.63, 3.8) is 0 Å². The molecule has 1 N–H and O–H groups in total. The summed E-state index contributed by atoms with van der Waals surface area (Å²) in [6.07, 6.45) is 2.93. The zero-order valence-electron chi connectivity index (χ0n) is 11.8. The van der Waals surface area contributed by atoms with Crippen molar-refractivity contribution in [1.82, 2.24) is 5.32 Å². The largest absolute Gasteiger partial charge is 0.314 e. The molecule has 21 heavy (non-hydrogen) atoms. The van der Waals surface area contributed by atoms with Crippen molar-refractivity contribution in [2.24, 2.45) is 0 Å². The van der Waals surface area contributed by atoms with Gasteiger partial charge in [0.05, 0.1) is 0 Å². The number of carbonyl (C=O) groups is 1. The molecule has 1 aliphatic heterocycles. The first-order valence-corrected chi connectivity index (χ1v) is 8.31. The fourth-order valence-corrected chi connectivity index (χ4v) is 4.26. The van der Waals surface area contributed by atoms with E-state index in [1.165, 1.54) is 26.6 Å². The van der Waals surface area contributed by atoms with Crippen LogP contribution in [-0.4, -0.2) is 18.4 Å². The lowest BCUT2D eigenvalue weighted by atomic mass is 10.0. The normalized spacial score (nSPS) is 18.6. The lowest BCUT2D eigenvalue weighted by molar-refractivity contribution is 0.0972. The molecule has 1 fully saturated rings. The number of hydrogen-bond donors (Lipinski definition) is 1. The molecule has 2 heterocycles. The fraction of sp³-hybridized carbons (Fsp3) is 0.278. The first kappa shape index (κ1) is 13.0. The third kappa shape index (κ3) is 2.37. The summed E-state index contributed by atoms with van der Waals surface area (Å²) in [6, 6.07) is 14.9. The van der Waals surface area contributed by atoms with Crippen LogP contribution in [0.4, 0.5) is 0 Å². The lowest BCUT2D eigenvalue weighted by Gasteiger charge is -2.08. The average molecular weight is 295 g/mol. The van der Waals surface area contributed by atoms with Crippen LogP contribution in [0.1, 0.15) is 29.6 Å². The molecule has 2 aromatic carbocycles. The van der Waals surface area contributed by atoms with E-state index in [1.807, 2.05) is 6.07 Å². The molecule has 1 saturated heterocycles. The molecule has 3 aromatic rings. The summed E-state index contributed by atoms with van der Waals surface area (Å²) >= 11 is 1.79. The molecule has 0 aliphatic carbocycles. The Morgan fingerprint density at radius 1 is 1.14 bits per heavy atom. The van der Waals surface area contributed by atoms with Gasteiger partial charge in [0.1, 0.15) is 0 Å². The summed E-state index contributed by atoms with van der Waals surface area (Å²) in [7, 11) is 0. The van der Waals surface area contributed by atoms with Crippen molar-refractivity contribution in [3.8, 4) is 0 Å². The van der Waals surface area contributed by atoms with Crippen LogP contribution in [-0.2, 0) is 0 Å². The van der Waals surface area contributed by atoms with Crippen LogP contribution in [0.2, 0.25) is 0 Å². The summed E-state index contributed by atoms with van der Waals surface area (Å²) < 4.78 is 2.54. The monoisotopic (exact) mass is 295 g/mol. The van der Waals surface area contributed by atoms with Crippen molar-refractivity contribution < 1.29 is 4.79 Å². The topological polar surface area (TPSA) is 29.1 Å². The second-order valence-corrected chi connectivity index (χ2v) is 6.81. The van der Waals surface area contributed by atoms with Crippen molar-refractivity contribution in [2.75, 3.05) is 6.54 Å². The summed E-state index contributed by atoms with van der Waals surface area (Å²) in [6.45, 7) is 1.05. The standard InChI is InChI=1S/C18H17NOS/c20-16(11-13-4-3-9-19-13)12-7-8-18-15(10-12)14-5-1-2-6-17(14)21-18/h1-2,5-8,10,13,19H,3-4,9,11H2. The number of fused-ring (bicyclic) bond motifs is 3. The Hall–Kier alpha value is -1.71. The van der Waals surface area contributed by atoms with E-state index in [-0.39, 0.29) is 5.78 Å². The van der Waals surface area contributed by atoms with E-state index in [1.54, 1.807) is 11.3 Å². The number of carbonyl (C=O) groups excluding carboxylic acids is 1. The Morgan fingerprint density at radius 3 is 2.86 bits per heavy atom. The van der Waals surface area contributed by atoms with E-state index < -0.39 is 0 Å². The van der Waals surface area contributed by atoms with E-state index in [0.717, 1.165) is 18.5 Å². The molecule has 106 valence electrons. The van der Waals surface area contributed by atoms with Gasteiger partial charge in [0.25, 0.3) is 0 Å². The second kappa shape index (κ2) is 5.24. The number of thiophene rings is 1. The summed E-state index contributed by atoms with van der Waals surface area (Å²) in [5.74, 6) is 0.256. The van der Waals surface area contributed by atoms with Gasteiger partial charge < -0.3 is 5.32 Å². The molecular formula is C18H17NOS. The third-order valence-corrected chi connectivity index (χ3v) is 5.44. The van der Waals surface area contributed by atoms with E-state index >= 15 is 0 Å². The highest BCUT2D eigenvalue weighted by atomic mass is 32.1. The molecule has 1 unspecified atom stereocenters. The highest BCUT2D eigenvalue weighted by molar-refractivity contribution is 7.25. The van der Waals surface area contributed by atoms with Crippen LogP contribution >= 0.6 is 11.3 Å². The predicted octanol–water partition coefficient (Wildman–Crippen LogP) is 4.38. The van der Waals surface area contributed by atoms with Gasteiger partial charge in [0.2, 0.25) is 0 Å². The van der Waals surface area contributed by atoms with E-state index in [0.29, 0.717) is 12.5 Å². The van der Waals surface area contributed by atoms with Crippen molar-refractivity contribution in [3.05, 3.63) is 48.0 Å². The first-order valence-electron chi connectivity index (χ1n) is 7.49. The third-order valence-electron chi connectivity index (χ3n) is 4.29. The minimum absolute atomic E-state index is 0.256. The Bertz CT molecular complexity index is 814. The highest BCUT2D eigenvalue weighted by Crippen LogP contribution is 2.34. The minimum Gasteiger partial charge on any atom is -0.314 e. The van der Waals surface area contributed by atoms with Gasteiger partial charge in [-0.05, 0) is 43.7 Å². The van der Waals surface area contributed by atoms with Gasteiger partial charge >= 0.3 is 0 Å². The van der Waals surface area contributed by atoms with E-state index in [9.17, 15) is 4.79 Å². The van der Waals surface area contributed by atoms with Crippen molar-refractivity contribution in [1.29, 1.82) is 0 Å². The van der Waals surface area contributed by atoms with Gasteiger partial charge in [0.15, 0.2) is 5.78 Å². The molecule has 1 atom stereocenters. The van der Waals surface area contributed by atoms with Crippen LogP contribution in [0, 0.1) is 0 Å². The van der Waals surface area contributed by atoms with Gasteiger partial charge in [-0.15, -0.1) is 11.3 Å². The number of nitrogens with one attached hydrogen (secondary N) is 1. The van der Waals surface area contributed by atoms with Crippen molar-refractivity contribution in [2.45, 2.75) is 25.3 Å². The van der Waals surface area contributed by atoms with Crippen LogP contribution in [0.3, 0.4) is 0 Å². The molecule has 2 nitrogen and oxygen atoms in total. The molecule has 0 saturated carbocycles. The highest BCUT2D eigenvalue weighted by Gasteiger charge is 2.19. The zero-order chi connectivity index (χ0) is 14.2. The van der Waals surface area contributed by atoms with Crippen LogP contribution in [0.15, 0.2) is 42.5 Å². The summed E-state index contributed by atoms with van der Waals surface area (Å²) in [5.41, 5.74) is 0.847. The Balaban J connectivity index is 1.72. The number of Topliss-reactive ketones (excluding diaryl/α,β-unsaturated/α-hetero) is 1. The SMILES string of the molecule is O=C(CC1CCCN1)c1ccc2sc3ccccc3c2c1. The second-order valence-electron chi connectivity index (χ2n) is 5.73. The maximum absolute atomic E-state index is 12.5. The van der Waals surface area contributed by atoms with Gasteiger partial charge in [-0.1, -0.05) is 18.2 Å². The Morgan fingerprint density at radius 2 is 2.00 bits per heavy atom. The molecular weight excluding hydrogens is 278 g/mol. The predicted molar refractivity (Wildman–Crippen MR) is 89.3 cm³/mol. The van der Waals surface area contributed by atoms with Gasteiger partial charge in [-0.3, -0.25) is 4.79 Å². The molecule has 1 aliphatic rings. The molecule has 0 radical (unpaired) electrons. The zero-order valence-corrected chi connectivity index (χ0v) is 12.6. The molecule has 0 spiro atoms. The minimum atomic E-state index is 0.256. The van der Waals surface area contributed by atoms with Crippen LogP contribution in [0.25, 0.3) is 20.2 Å². The average Bonchev–Trinajstić information content (AvgIpc) is 3.13. The first-order chi connectivity index (χ1) is 10.3. The molecule has 0 bridgehead atoms. The number of ketones is 1. The Kier molecular flexibility index (Phi) is 3.24. The van der Waals surface area contributed by atoms with Crippen LogP contribution in [0.5, 0.6) is 0 Å². The fourth-order valence-electron chi connectivity index (χ4n) is 3.17. The van der Waals surface area contributed by atoms with Crippen molar-refractivity contribution >= 4 is 37.3 Å². The van der Waals surface area contributed by atoms with E-state index in [2.05, 4.69) is 41.7 Å². The lowest BCUT2D eigenvalue weighted by Crippen LogP contribution is -2.24. The maximum Gasteiger partial charge on any atom is 0.164 e. The van der Waals surface area contributed by atoms with Crippen LogP contribution < -0.4 is 5.32 Å². The Labute approximate surface area is 127 Å². The maximum atomic E-state index is 12.5. The molecule has 0 amide bonds. The molecule has 3 heteroatoms. The van der Waals surface area contributed by atoms with Gasteiger partial charge in [0, 0.05) is 38.2 Å². The molecule has 4 rings (SSSR count). The van der Waals surface area contributed by atoms with Gasteiger partial charge in [-0.25, -0.2) is 0 Å². The smallest absolute Gasteiger partial charge is 0.164 e.